The molecule has 0 amide bonds. The SMILES string of the molecule is CCC(O)[C@@H](CC)c1ccc(O)cc1. The van der Waals surface area contributed by atoms with Crippen molar-refractivity contribution in [2.24, 2.45) is 0 Å². The molecule has 0 saturated heterocycles. The van der Waals surface area contributed by atoms with Gasteiger partial charge in [-0.15, -0.1) is 0 Å². The van der Waals surface area contributed by atoms with Crippen LogP contribution in [-0.4, -0.2) is 16.3 Å². The van der Waals surface area contributed by atoms with Crippen LogP contribution in [0.2, 0.25) is 0 Å². The Morgan fingerprint density at radius 3 is 2.07 bits per heavy atom. The van der Waals surface area contributed by atoms with Crippen LogP contribution < -0.4 is 0 Å². The van der Waals surface area contributed by atoms with Crippen LogP contribution in [0.15, 0.2) is 24.3 Å². The lowest BCUT2D eigenvalue weighted by molar-refractivity contribution is 0.136. The van der Waals surface area contributed by atoms with Crippen LogP contribution in [0.4, 0.5) is 0 Å². The smallest absolute Gasteiger partial charge is 0.115 e. The molecule has 0 aliphatic heterocycles. The van der Waals surface area contributed by atoms with Crippen molar-refractivity contribution in [3.8, 4) is 5.75 Å². The number of aliphatic hydroxyl groups excluding tert-OH is 1. The molecule has 78 valence electrons. The Balaban J connectivity index is 2.84. The van der Waals surface area contributed by atoms with Crippen LogP contribution in [0.3, 0.4) is 0 Å². The number of aromatic hydroxyl groups is 1. The lowest BCUT2D eigenvalue weighted by Gasteiger charge is -2.20. The molecule has 0 aliphatic rings. The maximum atomic E-state index is 9.78. The molecule has 0 radical (unpaired) electrons. The van der Waals surface area contributed by atoms with E-state index in [1.54, 1.807) is 12.1 Å². The van der Waals surface area contributed by atoms with Crippen molar-refractivity contribution in [1.82, 2.24) is 0 Å². The van der Waals surface area contributed by atoms with Crippen LogP contribution in [0.5, 0.6) is 5.75 Å². The van der Waals surface area contributed by atoms with E-state index in [1.165, 1.54) is 0 Å². The summed E-state index contributed by atoms with van der Waals surface area (Å²) >= 11 is 0. The summed E-state index contributed by atoms with van der Waals surface area (Å²) in [5, 5.41) is 18.9. The van der Waals surface area contributed by atoms with E-state index in [9.17, 15) is 5.11 Å². The van der Waals surface area contributed by atoms with Gasteiger partial charge < -0.3 is 10.2 Å². The van der Waals surface area contributed by atoms with Gasteiger partial charge in [0.1, 0.15) is 5.75 Å². The molecular weight excluding hydrogens is 176 g/mol. The molecule has 0 bridgehead atoms. The van der Waals surface area contributed by atoms with E-state index in [-0.39, 0.29) is 17.8 Å². The molecular formula is C12H18O2. The molecule has 0 saturated carbocycles. The van der Waals surface area contributed by atoms with E-state index in [1.807, 2.05) is 19.1 Å². The molecule has 1 aromatic rings. The van der Waals surface area contributed by atoms with Crippen molar-refractivity contribution >= 4 is 0 Å². The van der Waals surface area contributed by atoms with Crippen molar-refractivity contribution in [2.45, 2.75) is 38.7 Å². The summed E-state index contributed by atoms with van der Waals surface area (Å²) in [6.45, 7) is 4.05. The summed E-state index contributed by atoms with van der Waals surface area (Å²) in [6.07, 6.45) is 1.39. The van der Waals surface area contributed by atoms with Crippen LogP contribution in [0.1, 0.15) is 38.2 Å². The van der Waals surface area contributed by atoms with Crippen LogP contribution in [0.25, 0.3) is 0 Å². The standard InChI is InChI=1S/C12H18O2/c1-3-11(12(14)4-2)9-5-7-10(13)8-6-9/h5-8,11-14H,3-4H2,1-2H3/t11-,12?/m0/s1. The fourth-order valence-corrected chi connectivity index (χ4v) is 1.74. The van der Waals surface area contributed by atoms with Crippen molar-refractivity contribution in [2.75, 3.05) is 0 Å². The molecule has 0 aliphatic carbocycles. The Hall–Kier alpha value is -1.02. The molecule has 2 atom stereocenters. The maximum Gasteiger partial charge on any atom is 0.115 e. The Morgan fingerprint density at radius 2 is 1.64 bits per heavy atom. The quantitative estimate of drug-likeness (QED) is 0.773. The Morgan fingerprint density at radius 1 is 1.07 bits per heavy atom. The largest absolute Gasteiger partial charge is 0.508 e. The van der Waals surface area contributed by atoms with Gasteiger partial charge in [0.2, 0.25) is 0 Å². The Kier molecular flexibility index (Phi) is 3.96. The first-order valence-corrected chi connectivity index (χ1v) is 5.16. The number of hydrogen-bond donors (Lipinski definition) is 2. The van der Waals surface area contributed by atoms with Crippen molar-refractivity contribution < 1.29 is 10.2 Å². The van der Waals surface area contributed by atoms with Gasteiger partial charge in [0.05, 0.1) is 6.10 Å². The van der Waals surface area contributed by atoms with Gasteiger partial charge in [-0.25, -0.2) is 0 Å². The highest BCUT2D eigenvalue weighted by molar-refractivity contribution is 5.28. The summed E-state index contributed by atoms with van der Waals surface area (Å²) in [5.41, 5.74) is 1.10. The average Bonchev–Trinajstić information content (AvgIpc) is 2.21. The molecule has 1 rings (SSSR count). The maximum absolute atomic E-state index is 9.78. The van der Waals surface area contributed by atoms with Crippen molar-refractivity contribution in [3.05, 3.63) is 29.8 Å². The molecule has 0 spiro atoms. The summed E-state index contributed by atoms with van der Waals surface area (Å²) in [4.78, 5) is 0. The molecule has 1 unspecified atom stereocenters. The molecule has 14 heavy (non-hydrogen) atoms. The van der Waals surface area contributed by atoms with Crippen LogP contribution >= 0.6 is 0 Å². The van der Waals surface area contributed by atoms with E-state index in [0.717, 1.165) is 18.4 Å². The molecule has 0 heterocycles. The van der Waals surface area contributed by atoms with Gasteiger partial charge in [-0.1, -0.05) is 26.0 Å². The average molecular weight is 194 g/mol. The third-order valence-corrected chi connectivity index (χ3v) is 2.64. The number of phenols is 1. The number of phenolic OH excluding ortho intramolecular Hbond substituents is 1. The minimum atomic E-state index is -0.287. The minimum Gasteiger partial charge on any atom is -0.508 e. The summed E-state index contributed by atoms with van der Waals surface area (Å²) < 4.78 is 0. The highest BCUT2D eigenvalue weighted by atomic mass is 16.3. The third kappa shape index (κ3) is 2.48. The second-order valence-electron chi connectivity index (χ2n) is 3.58. The zero-order chi connectivity index (χ0) is 10.6. The highest BCUT2D eigenvalue weighted by Crippen LogP contribution is 2.26. The lowest BCUT2D eigenvalue weighted by atomic mass is 9.90. The van der Waals surface area contributed by atoms with Crippen molar-refractivity contribution in [1.29, 1.82) is 0 Å². The van der Waals surface area contributed by atoms with E-state index in [0.29, 0.717) is 0 Å². The Labute approximate surface area is 85.2 Å². The number of hydrogen-bond acceptors (Lipinski definition) is 2. The second-order valence-corrected chi connectivity index (χ2v) is 3.58. The zero-order valence-electron chi connectivity index (χ0n) is 8.77. The van der Waals surface area contributed by atoms with Crippen LogP contribution in [0, 0.1) is 0 Å². The lowest BCUT2D eigenvalue weighted by Crippen LogP contribution is -2.16. The van der Waals surface area contributed by atoms with E-state index >= 15 is 0 Å². The summed E-state index contributed by atoms with van der Waals surface area (Å²) in [5.74, 6) is 0.454. The molecule has 2 N–H and O–H groups in total. The molecule has 2 heteroatoms. The fourth-order valence-electron chi connectivity index (χ4n) is 1.74. The Bertz CT molecular complexity index is 266. The first kappa shape index (κ1) is 11.1. The first-order chi connectivity index (χ1) is 6.69. The predicted octanol–water partition coefficient (Wildman–Crippen LogP) is 2.66. The fraction of sp³-hybridized carbons (Fsp3) is 0.500. The number of benzene rings is 1. The molecule has 1 aromatic carbocycles. The van der Waals surface area contributed by atoms with Gasteiger partial charge in [-0.05, 0) is 30.5 Å². The molecule has 2 nitrogen and oxygen atoms in total. The van der Waals surface area contributed by atoms with Gasteiger partial charge in [-0.2, -0.15) is 0 Å². The topological polar surface area (TPSA) is 40.5 Å². The second kappa shape index (κ2) is 5.01. The van der Waals surface area contributed by atoms with Gasteiger partial charge in [0, 0.05) is 5.92 Å². The zero-order valence-corrected chi connectivity index (χ0v) is 8.77. The van der Waals surface area contributed by atoms with Gasteiger partial charge in [-0.3, -0.25) is 0 Å². The van der Waals surface area contributed by atoms with Gasteiger partial charge in [0.15, 0.2) is 0 Å². The summed E-state index contributed by atoms with van der Waals surface area (Å²) in [7, 11) is 0. The number of rotatable bonds is 4. The third-order valence-electron chi connectivity index (χ3n) is 2.64. The summed E-state index contributed by atoms with van der Waals surface area (Å²) in [6, 6.07) is 7.09. The number of aliphatic hydroxyl groups is 1. The molecule has 0 aromatic heterocycles. The van der Waals surface area contributed by atoms with Crippen molar-refractivity contribution in [3.63, 3.8) is 0 Å². The van der Waals surface area contributed by atoms with E-state index in [4.69, 9.17) is 5.11 Å². The predicted molar refractivity (Wildman–Crippen MR) is 57.4 cm³/mol. The van der Waals surface area contributed by atoms with Gasteiger partial charge >= 0.3 is 0 Å². The monoisotopic (exact) mass is 194 g/mol. The highest BCUT2D eigenvalue weighted by Gasteiger charge is 2.17. The van der Waals surface area contributed by atoms with E-state index < -0.39 is 0 Å². The van der Waals surface area contributed by atoms with E-state index in [2.05, 4.69) is 6.92 Å². The molecule has 0 fully saturated rings. The van der Waals surface area contributed by atoms with Crippen LogP contribution in [-0.2, 0) is 0 Å². The normalized spacial score (nSPS) is 15.1. The minimum absolute atomic E-state index is 0.181. The first-order valence-electron chi connectivity index (χ1n) is 5.16. The van der Waals surface area contributed by atoms with Gasteiger partial charge in [0.25, 0.3) is 0 Å².